The van der Waals surface area contributed by atoms with Gasteiger partial charge < -0.3 is 10.4 Å². The number of nitrogens with zero attached hydrogens (tertiary/aromatic N) is 1. The summed E-state index contributed by atoms with van der Waals surface area (Å²) in [6, 6.07) is 11.1. The van der Waals surface area contributed by atoms with Gasteiger partial charge in [-0.25, -0.2) is 9.18 Å². The van der Waals surface area contributed by atoms with Gasteiger partial charge >= 0.3 is 5.97 Å². The summed E-state index contributed by atoms with van der Waals surface area (Å²) < 4.78 is 13.8. The third-order valence-corrected chi connectivity index (χ3v) is 4.05. The zero-order chi connectivity index (χ0) is 17.1. The van der Waals surface area contributed by atoms with Crippen molar-refractivity contribution >= 4 is 28.5 Å². The fourth-order valence-electron chi connectivity index (χ4n) is 2.51. The molecule has 0 aliphatic carbocycles. The monoisotopic (exact) mass is 344 g/mol. The maximum Gasteiger partial charge on any atom is 0.335 e. The van der Waals surface area contributed by atoms with Gasteiger partial charge in [-0.2, -0.15) is 0 Å². The average Bonchev–Trinajstić information content (AvgIpc) is 2.58. The molecule has 0 radical (unpaired) electrons. The smallest absolute Gasteiger partial charge is 0.335 e. The molecule has 0 saturated heterocycles. The standard InChI is InChI=1S/C18H14ClFN2O2/c19-15-5-3-12(17-14(15)2-1-7-22-17)9-21-10-13-8-11(18(23)24)4-6-16(13)20/h1-8,21H,9-10H2,(H,23,24). The van der Waals surface area contributed by atoms with E-state index in [4.69, 9.17) is 16.7 Å². The van der Waals surface area contributed by atoms with Gasteiger partial charge in [0.05, 0.1) is 11.1 Å². The molecule has 0 amide bonds. The molecule has 4 nitrogen and oxygen atoms in total. The predicted molar refractivity (Wildman–Crippen MR) is 90.7 cm³/mol. The van der Waals surface area contributed by atoms with E-state index in [-0.39, 0.29) is 12.1 Å². The van der Waals surface area contributed by atoms with Gasteiger partial charge in [0.25, 0.3) is 0 Å². The molecule has 3 aromatic rings. The summed E-state index contributed by atoms with van der Waals surface area (Å²) in [5.74, 6) is -1.52. The lowest BCUT2D eigenvalue weighted by atomic mass is 10.1. The number of carbonyl (C=O) groups is 1. The number of aromatic nitrogens is 1. The highest BCUT2D eigenvalue weighted by molar-refractivity contribution is 6.35. The molecule has 6 heteroatoms. The predicted octanol–water partition coefficient (Wildman–Crippen LogP) is 4.02. The Balaban J connectivity index is 1.77. The van der Waals surface area contributed by atoms with E-state index in [0.29, 0.717) is 17.1 Å². The Morgan fingerprint density at radius 3 is 2.75 bits per heavy atom. The number of halogens is 2. The molecule has 2 aromatic carbocycles. The summed E-state index contributed by atoms with van der Waals surface area (Å²) in [6.07, 6.45) is 1.69. The molecule has 0 unspecified atom stereocenters. The quantitative estimate of drug-likeness (QED) is 0.734. The van der Waals surface area contributed by atoms with E-state index < -0.39 is 11.8 Å². The van der Waals surface area contributed by atoms with Crippen LogP contribution in [0.2, 0.25) is 5.02 Å². The van der Waals surface area contributed by atoms with Crippen LogP contribution in [0.15, 0.2) is 48.7 Å². The number of hydrogen-bond acceptors (Lipinski definition) is 3. The van der Waals surface area contributed by atoms with Crippen LogP contribution in [-0.2, 0) is 13.1 Å². The lowest BCUT2D eigenvalue weighted by Crippen LogP contribution is -2.15. The number of carboxylic acids is 1. The highest BCUT2D eigenvalue weighted by atomic mass is 35.5. The molecule has 3 rings (SSSR count). The van der Waals surface area contributed by atoms with Crippen LogP contribution >= 0.6 is 11.6 Å². The number of rotatable bonds is 5. The molecule has 0 atom stereocenters. The van der Waals surface area contributed by atoms with E-state index >= 15 is 0 Å². The minimum atomic E-state index is -1.08. The Kier molecular flexibility index (Phi) is 4.74. The van der Waals surface area contributed by atoms with Crippen molar-refractivity contribution in [1.29, 1.82) is 0 Å². The van der Waals surface area contributed by atoms with Crippen molar-refractivity contribution in [1.82, 2.24) is 10.3 Å². The zero-order valence-corrected chi connectivity index (χ0v) is 13.3. The normalized spacial score (nSPS) is 10.9. The van der Waals surface area contributed by atoms with Gasteiger partial charge in [0.15, 0.2) is 0 Å². The van der Waals surface area contributed by atoms with Crippen molar-refractivity contribution in [3.8, 4) is 0 Å². The molecular formula is C18H14ClFN2O2. The Morgan fingerprint density at radius 1 is 1.17 bits per heavy atom. The number of nitrogens with one attached hydrogen (secondary N) is 1. The van der Waals surface area contributed by atoms with E-state index in [2.05, 4.69) is 10.3 Å². The molecule has 1 heterocycles. The van der Waals surface area contributed by atoms with Crippen molar-refractivity contribution in [3.05, 3.63) is 76.2 Å². The second-order valence-corrected chi connectivity index (χ2v) is 5.73. The third kappa shape index (κ3) is 3.37. The minimum absolute atomic E-state index is 0.0619. The van der Waals surface area contributed by atoms with Crippen LogP contribution in [0, 0.1) is 5.82 Å². The van der Waals surface area contributed by atoms with Crippen LogP contribution in [0.4, 0.5) is 4.39 Å². The first kappa shape index (κ1) is 16.4. The molecule has 0 aliphatic rings. The number of carboxylic acid groups (broad SMARTS) is 1. The summed E-state index contributed by atoms with van der Waals surface area (Å²) in [5.41, 5.74) is 2.09. The van der Waals surface area contributed by atoms with Crippen LogP contribution in [0.1, 0.15) is 21.5 Å². The van der Waals surface area contributed by atoms with Crippen LogP contribution < -0.4 is 5.32 Å². The van der Waals surface area contributed by atoms with Gasteiger partial charge in [-0.3, -0.25) is 4.98 Å². The highest BCUT2D eigenvalue weighted by Crippen LogP contribution is 2.24. The van der Waals surface area contributed by atoms with Gasteiger partial charge in [-0.15, -0.1) is 0 Å². The Bertz CT molecular complexity index is 915. The summed E-state index contributed by atoms with van der Waals surface area (Å²) in [5, 5.41) is 13.6. The summed E-state index contributed by atoms with van der Waals surface area (Å²) in [6.45, 7) is 0.672. The molecule has 1 aromatic heterocycles. The second kappa shape index (κ2) is 6.95. The summed E-state index contributed by atoms with van der Waals surface area (Å²) in [4.78, 5) is 15.3. The first-order chi connectivity index (χ1) is 11.6. The van der Waals surface area contributed by atoms with Gasteiger partial charge in [0.2, 0.25) is 0 Å². The second-order valence-electron chi connectivity index (χ2n) is 5.32. The van der Waals surface area contributed by atoms with Crippen LogP contribution in [0.5, 0.6) is 0 Å². The lowest BCUT2D eigenvalue weighted by molar-refractivity contribution is 0.0696. The van der Waals surface area contributed by atoms with Crippen LogP contribution in [0.25, 0.3) is 10.9 Å². The maximum absolute atomic E-state index is 13.8. The molecular weight excluding hydrogens is 331 g/mol. The highest BCUT2D eigenvalue weighted by Gasteiger charge is 2.09. The minimum Gasteiger partial charge on any atom is -0.478 e. The number of hydrogen-bond donors (Lipinski definition) is 2. The van der Waals surface area contributed by atoms with Crippen molar-refractivity contribution < 1.29 is 14.3 Å². The Morgan fingerprint density at radius 2 is 1.96 bits per heavy atom. The molecule has 2 N–H and O–H groups in total. The number of fused-ring (bicyclic) bond motifs is 1. The van der Waals surface area contributed by atoms with E-state index in [0.717, 1.165) is 16.5 Å². The van der Waals surface area contributed by atoms with Crippen LogP contribution in [-0.4, -0.2) is 16.1 Å². The summed E-state index contributed by atoms with van der Waals surface area (Å²) in [7, 11) is 0. The maximum atomic E-state index is 13.8. The van der Waals surface area contributed by atoms with Gasteiger partial charge in [0.1, 0.15) is 5.82 Å². The largest absolute Gasteiger partial charge is 0.478 e. The van der Waals surface area contributed by atoms with Gasteiger partial charge in [-0.1, -0.05) is 17.7 Å². The van der Waals surface area contributed by atoms with Crippen molar-refractivity contribution in [2.45, 2.75) is 13.1 Å². The SMILES string of the molecule is O=C(O)c1ccc(F)c(CNCc2ccc(Cl)c3cccnc23)c1. The molecule has 122 valence electrons. The van der Waals surface area contributed by atoms with Crippen LogP contribution in [0.3, 0.4) is 0 Å². The van der Waals surface area contributed by atoms with E-state index in [1.807, 2.05) is 18.2 Å². The van der Waals surface area contributed by atoms with E-state index in [1.165, 1.54) is 18.2 Å². The Hall–Kier alpha value is -2.50. The number of pyridine rings is 1. The van der Waals surface area contributed by atoms with E-state index in [9.17, 15) is 9.18 Å². The third-order valence-electron chi connectivity index (χ3n) is 3.72. The number of aromatic carboxylic acids is 1. The molecule has 0 spiro atoms. The fourth-order valence-corrected chi connectivity index (χ4v) is 2.73. The topological polar surface area (TPSA) is 62.2 Å². The van der Waals surface area contributed by atoms with Gasteiger partial charge in [-0.05, 0) is 42.0 Å². The Labute approximate surface area is 142 Å². The number of benzene rings is 2. The van der Waals surface area contributed by atoms with Crippen molar-refractivity contribution in [2.24, 2.45) is 0 Å². The molecule has 0 saturated carbocycles. The summed E-state index contributed by atoms with van der Waals surface area (Å²) >= 11 is 6.16. The van der Waals surface area contributed by atoms with Crippen molar-refractivity contribution in [2.75, 3.05) is 0 Å². The van der Waals surface area contributed by atoms with E-state index in [1.54, 1.807) is 12.3 Å². The first-order valence-electron chi connectivity index (χ1n) is 7.31. The molecule has 24 heavy (non-hydrogen) atoms. The molecule has 0 fully saturated rings. The van der Waals surface area contributed by atoms with Gasteiger partial charge in [0, 0.05) is 35.3 Å². The zero-order valence-electron chi connectivity index (χ0n) is 12.6. The lowest BCUT2D eigenvalue weighted by Gasteiger charge is -2.10. The molecule has 0 bridgehead atoms. The first-order valence-corrected chi connectivity index (χ1v) is 7.68. The average molecular weight is 345 g/mol. The fraction of sp³-hybridized carbons (Fsp3) is 0.111. The van der Waals surface area contributed by atoms with Crippen molar-refractivity contribution in [3.63, 3.8) is 0 Å². The molecule has 0 aliphatic heterocycles.